The van der Waals surface area contributed by atoms with Crippen molar-refractivity contribution in [2.24, 2.45) is 5.73 Å². The Morgan fingerprint density at radius 3 is 1.86 bits per heavy atom. The zero-order valence-corrected chi connectivity index (χ0v) is 14.1. The molecule has 2 aliphatic rings. The minimum absolute atomic E-state index is 0.378. The molecule has 0 spiro atoms. The largest absolute Gasteiger partial charge is 0.381 e. The molecule has 1 heterocycles. The van der Waals surface area contributed by atoms with E-state index in [4.69, 9.17) is 10.5 Å². The molecular formula is C18H36N2O. The summed E-state index contributed by atoms with van der Waals surface area (Å²) in [6.07, 6.45) is 16.5. The molecule has 21 heavy (non-hydrogen) atoms. The number of hydrogen-bond acceptors (Lipinski definition) is 3. The fraction of sp³-hybridized carbons (Fsp3) is 1.00. The second kappa shape index (κ2) is 9.81. The van der Waals surface area contributed by atoms with E-state index < -0.39 is 0 Å². The summed E-state index contributed by atoms with van der Waals surface area (Å²) < 4.78 is 5.51. The Kier molecular flexibility index (Phi) is 8.05. The summed E-state index contributed by atoms with van der Waals surface area (Å²) >= 11 is 0. The first-order valence-corrected chi connectivity index (χ1v) is 9.33. The maximum absolute atomic E-state index is 6.58. The molecule has 2 N–H and O–H groups in total. The molecule has 1 saturated carbocycles. The molecule has 0 radical (unpaired) electrons. The van der Waals surface area contributed by atoms with Crippen molar-refractivity contribution in [2.75, 3.05) is 20.2 Å². The monoisotopic (exact) mass is 296 g/mol. The SMILES string of the molecule is COC1CCN(C2CCCCCCCCCCC2N)CC1. The van der Waals surface area contributed by atoms with E-state index in [9.17, 15) is 0 Å². The molecule has 1 aliphatic carbocycles. The van der Waals surface area contributed by atoms with Gasteiger partial charge in [0.1, 0.15) is 0 Å². The average molecular weight is 296 g/mol. The molecule has 3 nitrogen and oxygen atoms in total. The third-order valence-electron chi connectivity index (χ3n) is 5.56. The van der Waals surface area contributed by atoms with Gasteiger partial charge in [0.05, 0.1) is 6.10 Å². The summed E-state index contributed by atoms with van der Waals surface area (Å²) in [6.45, 7) is 2.35. The Morgan fingerprint density at radius 1 is 0.762 bits per heavy atom. The summed E-state index contributed by atoms with van der Waals surface area (Å²) in [4.78, 5) is 2.67. The van der Waals surface area contributed by atoms with Crippen LogP contribution in [0.2, 0.25) is 0 Å². The fourth-order valence-electron chi connectivity index (χ4n) is 4.10. The maximum atomic E-state index is 6.58. The van der Waals surface area contributed by atoms with Crippen LogP contribution in [0.15, 0.2) is 0 Å². The zero-order valence-electron chi connectivity index (χ0n) is 14.1. The van der Waals surface area contributed by atoms with Crippen LogP contribution in [0.5, 0.6) is 0 Å². The Morgan fingerprint density at radius 2 is 1.29 bits per heavy atom. The average Bonchev–Trinajstić information content (AvgIpc) is 2.51. The van der Waals surface area contributed by atoms with Gasteiger partial charge in [0, 0.05) is 32.3 Å². The van der Waals surface area contributed by atoms with Gasteiger partial charge < -0.3 is 10.5 Å². The van der Waals surface area contributed by atoms with Crippen molar-refractivity contribution in [1.82, 2.24) is 4.90 Å². The van der Waals surface area contributed by atoms with Crippen molar-refractivity contribution >= 4 is 0 Å². The number of hydrogen-bond donors (Lipinski definition) is 1. The lowest BCUT2D eigenvalue weighted by atomic mass is 9.92. The molecule has 0 aromatic heterocycles. The zero-order chi connectivity index (χ0) is 14.9. The first-order valence-electron chi connectivity index (χ1n) is 9.33. The lowest BCUT2D eigenvalue weighted by Gasteiger charge is -2.40. The first kappa shape index (κ1) is 17.2. The van der Waals surface area contributed by atoms with Gasteiger partial charge >= 0.3 is 0 Å². The summed E-state index contributed by atoms with van der Waals surface area (Å²) in [7, 11) is 1.85. The highest BCUT2D eigenvalue weighted by Gasteiger charge is 2.28. The predicted octanol–water partition coefficient (Wildman–Crippen LogP) is 3.71. The minimum Gasteiger partial charge on any atom is -0.381 e. The smallest absolute Gasteiger partial charge is 0.0595 e. The number of likely N-dealkylation sites (tertiary alicyclic amines) is 1. The van der Waals surface area contributed by atoms with Gasteiger partial charge in [-0.15, -0.1) is 0 Å². The van der Waals surface area contributed by atoms with Gasteiger partial charge in [-0.3, -0.25) is 4.90 Å². The van der Waals surface area contributed by atoms with Crippen LogP contribution >= 0.6 is 0 Å². The molecule has 124 valence electrons. The van der Waals surface area contributed by atoms with E-state index in [0.717, 1.165) is 0 Å². The lowest BCUT2D eigenvalue weighted by molar-refractivity contribution is 0.0202. The Bertz CT molecular complexity index is 264. The third kappa shape index (κ3) is 5.88. The summed E-state index contributed by atoms with van der Waals surface area (Å²) in [6, 6.07) is 0.991. The van der Waals surface area contributed by atoms with Crippen LogP contribution in [0.1, 0.15) is 77.0 Å². The van der Waals surface area contributed by atoms with E-state index in [2.05, 4.69) is 4.90 Å². The summed E-state index contributed by atoms with van der Waals surface area (Å²) in [5.74, 6) is 0. The van der Waals surface area contributed by atoms with Gasteiger partial charge in [-0.1, -0.05) is 51.4 Å². The van der Waals surface area contributed by atoms with Gasteiger partial charge in [0.15, 0.2) is 0 Å². The number of nitrogens with zero attached hydrogens (tertiary/aromatic N) is 1. The standard InChI is InChI=1S/C18H36N2O/c1-21-16-12-14-20(15-13-16)18-11-9-7-5-3-2-4-6-8-10-17(18)19/h16-18H,2-15,19H2,1H3. The van der Waals surface area contributed by atoms with Crippen molar-refractivity contribution in [1.29, 1.82) is 0 Å². The van der Waals surface area contributed by atoms with Gasteiger partial charge in [-0.25, -0.2) is 0 Å². The number of piperidine rings is 1. The molecule has 3 heteroatoms. The second-order valence-corrected chi connectivity index (χ2v) is 7.11. The molecule has 2 fully saturated rings. The van der Waals surface area contributed by atoms with Crippen LogP contribution in [0.25, 0.3) is 0 Å². The molecule has 0 bridgehead atoms. The van der Waals surface area contributed by atoms with Crippen LogP contribution in [0.3, 0.4) is 0 Å². The number of rotatable bonds is 2. The van der Waals surface area contributed by atoms with Crippen LogP contribution in [-0.4, -0.2) is 43.3 Å². The molecule has 2 unspecified atom stereocenters. The highest BCUT2D eigenvalue weighted by Crippen LogP contribution is 2.23. The van der Waals surface area contributed by atoms with Crippen LogP contribution < -0.4 is 5.73 Å². The third-order valence-corrected chi connectivity index (χ3v) is 5.56. The highest BCUT2D eigenvalue weighted by atomic mass is 16.5. The Hall–Kier alpha value is -0.120. The van der Waals surface area contributed by atoms with Crippen molar-refractivity contribution in [2.45, 2.75) is 95.2 Å². The van der Waals surface area contributed by atoms with Crippen molar-refractivity contribution in [3.8, 4) is 0 Å². The quantitative estimate of drug-likeness (QED) is 0.844. The second-order valence-electron chi connectivity index (χ2n) is 7.11. The molecule has 1 aliphatic heterocycles. The van der Waals surface area contributed by atoms with Crippen molar-refractivity contribution < 1.29 is 4.74 Å². The van der Waals surface area contributed by atoms with E-state index >= 15 is 0 Å². The summed E-state index contributed by atoms with van der Waals surface area (Å²) in [5.41, 5.74) is 6.58. The normalized spacial score (nSPS) is 32.3. The molecule has 2 rings (SSSR count). The molecule has 2 atom stereocenters. The minimum atomic E-state index is 0.378. The topological polar surface area (TPSA) is 38.5 Å². The van der Waals surface area contributed by atoms with E-state index in [-0.39, 0.29) is 0 Å². The first-order chi connectivity index (χ1) is 10.3. The van der Waals surface area contributed by atoms with Gasteiger partial charge in [-0.05, 0) is 25.7 Å². The van der Waals surface area contributed by atoms with Gasteiger partial charge in [0.25, 0.3) is 0 Å². The van der Waals surface area contributed by atoms with Gasteiger partial charge in [-0.2, -0.15) is 0 Å². The van der Waals surface area contributed by atoms with Crippen molar-refractivity contribution in [3.05, 3.63) is 0 Å². The number of ether oxygens (including phenoxy) is 1. The van der Waals surface area contributed by atoms with Crippen LogP contribution in [-0.2, 0) is 4.74 Å². The fourth-order valence-corrected chi connectivity index (χ4v) is 4.10. The highest BCUT2D eigenvalue weighted by molar-refractivity contribution is 4.86. The number of nitrogens with two attached hydrogens (primary N) is 1. The number of methoxy groups -OCH3 is 1. The predicted molar refractivity (Wildman–Crippen MR) is 89.5 cm³/mol. The van der Waals surface area contributed by atoms with E-state index in [0.29, 0.717) is 18.2 Å². The molecule has 1 saturated heterocycles. The van der Waals surface area contributed by atoms with E-state index in [1.807, 2.05) is 7.11 Å². The lowest BCUT2D eigenvalue weighted by Crippen LogP contribution is -2.51. The Labute approximate surface area is 131 Å². The molecular weight excluding hydrogens is 260 g/mol. The van der Waals surface area contributed by atoms with Crippen molar-refractivity contribution in [3.63, 3.8) is 0 Å². The van der Waals surface area contributed by atoms with E-state index in [1.165, 1.54) is 90.1 Å². The van der Waals surface area contributed by atoms with Crippen LogP contribution in [0.4, 0.5) is 0 Å². The van der Waals surface area contributed by atoms with Gasteiger partial charge in [0.2, 0.25) is 0 Å². The van der Waals surface area contributed by atoms with Crippen LogP contribution in [0, 0.1) is 0 Å². The molecule has 0 aromatic rings. The van der Waals surface area contributed by atoms with E-state index in [1.54, 1.807) is 0 Å². The molecule has 0 amide bonds. The molecule has 0 aromatic carbocycles. The Balaban J connectivity index is 1.86. The maximum Gasteiger partial charge on any atom is 0.0595 e. The summed E-state index contributed by atoms with van der Waals surface area (Å²) in [5, 5.41) is 0.